The third-order valence-electron chi connectivity index (χ3n) is 3.62. The molecule has 2 heterocycles. The minimum atomic E-state index is -0.311. The fraction of sp³-hybridized carbons (Fsp3) is 0.158. The number of nitrogens with one attached hydrogen (secondary N) is 1. The standard InChI is InChI=1S/C19H18N4O3/c1-2-26-16-5-3-14(4-6-16)17-11-19(25)23(13-21-17)12-18(24)22-15-7-9-20-10-8-15/h3-11,13H,2,12H2,1H3,(H,20,22,24). The smallest absolute Gasteiger partial charge is 0.254 e. The summed E-state index contributed by atoms with van der Waals surface area (Å²) in [7, 11) is 0. The molecule has 3 aromatic rings. The highest BCUT2D eigenvalue weighted by atomic mass is 16.5. The fourth-order valence-corrected chi connectivity index (χ4v) is 2.38. The molecule has 3 rings (SSSR count). The van der Waals surface area contributed by atoms with Crippen molar-refractivity contribution in [3.8, 4) is 17.0 Å². The van der Waals surface area contributed by atoms with Crippen LogP contribution >= 0.6 is 0 Å². The van der Waals surface area contributed by atoms with Gasteiger partial charge in [-0.25, -0.2) is 4.98 Å². The maximum atomic E-state index is 12.3. The van der Waals surface area contributed by atoms with E-state index in [0.717, 1.165) is 11.3 Å². The topological polar surface area (TPSA) is 86.1 Å². The van der Waals surface area contributed by atoms with Crippen molar-refractivity contribution in [2.75, 3.05) is 11.9 Å². The van der Waals surface area contributed by atoms with Crippen molar-refractivity contribution >= 4 is 11.6 Å². The highest BCUT2D eigenvalue weighted by molar-refractivity contribution is 5.90. The molecule has 0 spiro atoms. The Kier molecular flexibility index (Phi) is 5.38. The average Bonchev–Trinajstić information content (AvgIpc) is 2.65. The van der Waals surface area contributed by atoms with E-state index in [4.69, 9.17) is 4.74 Å². The fourth-order valence-electron chi connectivity index (χ4n) is 2.38. The number of ether oxygens (including phenoxy) is 1. The lowest BCUT2D eigenvalue weighted by molar-refractivity contribution is -0.116. The number of rotatable bonds is 6. The molecule has 0 unspecified atom stereocenters. The van der Waals surface area contributed by atoms with Gasteiger partial charge < -0.3 is 10.1 Å². The number of carbonyl (C=O) groups is 1. The summed E-state index contributed by atoms with van der Waals surface area (Å²) in [5.74, 6) is 0.450. The van der Waals surface area contributed by atoms with Gasteiger partial charge in [0.25, 0.3) is 5.56 Å². The van der Waals surface area contributed by atoms with Crippen molar-refractivity contribution in [3.05, 3.63) is 71.5 Å². The second kappa shape index (κ2) is 8.06. The van der Waals surface area contributed by atoms with Gasteiger partial charge in [0.15, 0.2) is 0 Å². The zero-order valence-corrected chi connectivity index (χ0v) is 14.3. The van der Waals surface area contributed by atoms with Crippen LogP contribution in [-0.4, -0.2) is 27.0 Å². The van der Waals surface area contributed by atoms with Crippen molar-refractivity contribution in [2.45, 2.75) is 13.5 Å². The highest BCUT2D eigenvalue weighted by Crippen LogP contribution is 2.19. The SMILES string of the molecule is CCOc1ccc(-c2cc(=O)n(CC(=O)Nc3ccncc3)cn2)cc1. The Balaban J connectivity index is 1.71. The normalized spacial score (nSPS) is 10.3. The first-order valence-corrected chi connectivity index (χ1v) is 8.15. The van der Waals surface area contributed by atoms with Gasteiger partial charge in [-0.1, -0.05) is 0 Å². The molecule has 1 N–H and O–H groups in total. The molecule has 26 heavy (non-hydrogen) atoms. The Labute approximate surface area is 150 Å². The summed E-state index contributed by atoms with van der Waals surface area (Å²) < 4.78 is 6.66. The van der Waals surface area contributed by atoms with E-state index in [9.17, 15) is 9.59 Å². The first kappa shape index (κ1) is 17.3. The maximum Gasteiger partial charge on any atom is 0.254 e. The number of carbonyl (C=O) groups excluding carboxylic acids is 1. The average molecular weight is 350 g/mol. The summed E-state index contributed by atoms with van der Waals surface area (Å²) in [6.07, 6.45) is 4.53. The Morgan fingerprint density at radius 3 is 2.54 bits per heavy atom. The molecule has 7 heteroatoms. The summed E-state index contributed by atoms with van der Waals surface area (Å²) in [5, 5.41) is 2.70. The van der Waals surface area contributed by atoms with Crippen LogP contribution in [0.4, 0.5) is 5.69 Å². The molecule has 0 atom stereocenters. The molecule has 0 aliphatic heterocycles. The van der Waals surface area contributed by atoms with E-state index < -0.39 is 0 Å². The van der Waals surface area contributed by atoms with Gasteiger partial charge in [0.1, 0.15) is 12.3 Å². The summed E-state index contributed by atoms with van der Waals surface area (Å²) >= 11 is 0. The number of nitrogens with zero attached hydrogens (tertiary/aromatic N) is 3. The zero-order valence-electron chi connectivity index (χ0n) is 14.3. The molecule has 0 bridgehead atoms. The van der Waals surface area contributed by atoms with Crippen LogP contribution in [0.15, 0.2) is 66.0 Å². The van der Waals surface area contributed by atoms with E-state index in [0.29, 0.717) is 18.0 Å². The molecule has 1 amide bonds. The predicted molar refractivity (Wildman–Crippen MR) is 98.0 cm³/mol. The second-order valence-corrected chi connectivity index (χ2v) is 5.48. The number of amides is 1. The van der Waals surface area contributed by atoms with Crippen molar-refractivity contribution in [1.82, 2.24) is 14.5 Å². The Bertz CT molecular complexity index is 937. The van der Waals surface area contributed by atoms with Gasteiger partial charge in [-0.3, -0.25) is 19.1 Å². The number of aromatic nitrogens is 3. The van der Waals surface area contributed by atoms with Crippen LogP contribution in [0.1, 0.15) is 6.92 Å². The molecule has 0 radical (unpaired) electrons. The van der Waals surface area contributed by atoms with Crippen molar-refractivity contribution < 1.29 is 9.53 Å². The van der Waals surface area contributed by atoms with Crippen LogP contribution in [0.5, 0.6) is 5.75 Å². The quantitative estimate of drug-likeness (QED) is 0.737. The van der Waals surface area contributed by atoms with Gasteiger partial charge in [-0.05, 0) is 43.3 Å². The van der Waals surface area contributed by atoms with E-state index in [1.165, 1.54) is 17.0 Å². The van der Waals surface area contributed by atoms with Gasteiger partial charge in [-0.15, -0.1) is 0 Å². The van der Waals surface area contributed by atoms with E-state index >= 15 is 0 Å². The Morgan fingerprint density at radius 2 is 1.88 bits per heavy atom. The van der Waals surface area contributed by atoms with Gasteiger partial charge in [0.05, 0.1) is 18.6 Å². The van der Waals surface area contributed by atoms with Gasteiger partial charge in [-0.2, -0.15) is 0 Å². The van der Waals surface area contributed by atoms with Crippen molar-refractivity contribution in [2.24, 2.45) is 0 Å². The van der Waals surface area contributed by atoms with Crippen LogP contribution < -0.4 is 15.6 Å². The highest BCUT2D eigenvalue weighted by Gasteiger charge is 2.08. The molecule has 0 fully saturated rings. The molecule has 0 aliphatic rings. The Hall–Kier alpha value is -3.48. The summed E-state index contributed by atoms with van der Waals surface area (Å²) in [6, 6.07) is 12.1. The third kappa shape index (κ3) is 4.32. The van der Waals surface area contributed by atoms with E-state index in [1.807, 2.05) is 31.2 Å². The number of pyridine rings is 1. The van der Waals surface area contributed by atoms with Gasteiger partial charge in [0, 0.05) is 29.7 Å². The summed E-state index contributed by atoms with van der Waals surface area (Å²) in [5.41, 5.74) is 1.67. The monoisotopic (exact) mass is 350 g/mol. The first-order valence-electron chi connectivity index (χ1n) is 8.15. The van der Waals surface area contributed by atoms with E-state index in [1.54, 1.807) is 24.5 Å². The first-order chi connectivity index (χ1) is 12.7. The molecule has 2 aromatic heterocycles. The third-order valence-corrected chi connectivity index (χ3v) is 3.62. The minimum absolute atomic E-state index is 0.113. The number of hydrogen-bond donors (Lipinski definition) is 1. The van der Waals surface area contributed by atoms with E-state index in [-0.39, 0.29) is 18.0 Å². The van der Waals surface area contributed by atoms with Crippen LogP contribution in [0.2, 0.25) is 0 Å². The van der Waals surface area contributed by atoms with Crippen LogP contribution in [-0.2, 0) is 11.3 Å². The van der Waals surface area contributed by atoms with Crippen molar-refractivity contribution in [1.29, 1.82) is 0 Å². The molecule has 132 valence electrons. The molecule has 0 saturated carbocycles. The van der Waals surface area contributed by atoms with Crippen LogP contribution in [0.25, 0.3) is 11.3 Å². The largest absolute Gasteiger partial charge is 0.494 e. The molecule has 0 saturated heterocycles. The molecular formula is C19H18N4O3. The lowest BCUT2D eigenvalue weighted by Gasteiger charge is -2.08. The molecule has 0 aliphatic carbocycles. The summed E-state index contributed by atoms with van der Waals surface area (Å²) in [6.45, 7) is 2.40. The maximum absolute atomic E-state index is 12.3. The molecule has 1 aromatic carbocycles. The number of hydrogen-bond acceptors (Lipinski definition) is 5. The minimum Gasteiger partial charge on any atom is -0.494 e. The molecule has 7 nitrogen and oxygen atoms in total. The van der Waals surface area contributed by atoms with Gasteiger partial charge in [0.2, 0.25) is 5.91 Å². The zero-order chi connectivity index (χ0) is 18.4. The number of anilines is 1. The molecular weight excluding hydrogens is 332 g/mol. The van der Waals surface area contributed by atoms with Crippen molar-refractivity contribution in [3.63, 3.8) is 0 Å². The lowest BCUT2D eigenvalue weighted by Crippen LogP contribution is -2.27. The van der Waals surface area contributed by atoms with Crippen LogP contribution in [0.3, 0.4) is 0 Å². The van der Waals surface area contributed by atoms with Crippen LogP contribution in [0, 0.1) is 0 Å². The lowest BCUT2D eigenvalue weighted by atomic mass is 10.1. The number of benzene rings is 1. The van der Waals surface area contributed by atoms with Gasteiger partial charge >= 0.3 is 0 Å². The van der Waals surface area contributed by atoms with E-state index in [2.05, 4.69) is 15.3 Å². The summed E-state index contributed by atoms with van der Waals surface area (Å²) in [4.78, 5) is 32.5. The second-order valence-electron chi connectivity index (χ2n) is 5.48. The predicted octanol–water partition coefficient (Wildman–Crippen LogP) is 2.34. The Morgan fingerprint density at radius 1 is 1.15 bits per heavy atom.